The van der Waals surface area contributed by atoms with Crippen molar-refractivity contribution in [3.8, 4) is 0 Å². The molecule has 0 aromatic heterocycles. The highest BCUT2D eigenvalue weighted by Crippen LogP contribution is 2.61. The SMILES string of the molecule is CC(NC(=O)CSC1=NC(=Cc2ccccc2)C(=O)N1c1ccc(F)cc1)C12CC3CC(CC(C3)C1)C2. The monoisotopic (exact) mass is 517 g/mol. The Morgan fingerprint density at radius 1 is 1.08 bits per heavy atom. The van der Waals surface area contributed by atoms with Crippen LogP contribution >= 0.6 is 11.8 Å². The molecule has 5 nitrogen and oxygen atoms in total. The Balaban J connectivity index is 1.17. The van der Waals surface area contributed by atoms with Crippen LogP contribution in [0.5, 0.6) is 0 Å². The number of amidine groups is 1. The topological polar surface area (TPSA) is 61.8 Å². The molecular formula is C30H32FN3O2S. The fraction of sp³-hybridized carbons (Fsp3) is 0.433. The van der Waals surface area contributed by atoms with Gasteiger partial charge in [-0.05, 0) is 105 Å². The zero-order valence-electron chi connectivity index (χ0n) is 21.0. The first-order valence-corrected chi connectivity index (χ1v) is 14.2. The van der Waals surface area contributed by atoms with E-state index in [4.69, 9.17) is 0 Å². The summed E-state index contributed by atoms with van der Waals surface area (Å²) in [7, 11) is 0. The predicted octanol–water partition coefficient (Wildman–Crippen LogP) is 6.02. The van der Waals surface area contributed by atoms with Gasteiger partial charge in [0.2, 0.25) is 5.91 Å². The normalized spacial score (nSPS) is 30.1. The highest BCUT2D eigenvalue weighted by molar-refractivity contribution is 8.14. The molecule has 1 aliphatic heterocycles. The molecule has 1 N–H and O–H groups in total. The van der Waals surface area contributed by atoms with Gasteiger partial charge in [-0.3, -0.25) is 14.5 Å². The number of aliphatic imine (C=N–C) groups is 1. The van der Waals surface area contributed by atoms with Gasteiger partial charge in [0.25, 0.3) is 5.91 Å². The van der Waals surface area contributed by atoms with E-state index in [1.54, 1.807) is 18.2 Å². The van der Waals surface area contributed by atoms with Crippen molar-refractivity contribution in [3.63, 3.8) is 0 Å². The molecule has 1 heterocycles. The molecule has 2 aromatic rings. The molecule has 7 heteroatoms. The molecule has 2 amide bonds. The summed E-state index contributed by atoms with van der Waals surface area (Å²) in [6.45, 7) is 2.18. The molecule has 1 unspecified atom stereocenters. The van der Waals surface area contributed by atoms with Crippen LogP contribution in [-0.4, -0.2) is 28.8 Å². The Kier molecular flexibility index (Phi) is 6.43. The summed E-state index contributed by atoms with van der Waals surface area (Å²) in [4.78, 5) is 32.5. The molecule has 1 atom stereocenters. The maximum Gasteiger partial charge on any atom is 0.283 e. The first kappa shape index (κ1) is 24.4. The number of thioether (sulfide) groups is 1. The van der Waals surface area contributed by atoms with E-state index in [0.717, 1.165) is 23.3 Å². The first-order chi connectivity index (χ1) is 17.9. The van der Waals surface area contributed by atoms with E-state index < -0.39 is 0 Å². The van der Waals surface area contributed by atoms with Gasteiger partial charge in [0.05, 0.1) is 11.4 Å². The van der Waals surface area contributed by atoms with Gasteiger partial charge in [-0.15, -0.1) is 0 Å². The minimum atomic E-state index is -0.375. The van der Waals surface area contributed by atoms with E-state index in [1.165, 1.54) is 67.3 Å². The quantitative estimate of drug-likeness (QED) is 0.477. The number of carbonyl (C=O) groups excluding carboxylic acids is 2. The molecule has 5 aliphatic rings. The number of nitrogens with zero attached hydrogens (tertiary/aromatic N) is 2. The van der Waals surface area contributed by atoms with Gasteiger partial charge >= 0.3 is 0 Å². The summed E-state index contributed by atoms with van der Waals surface area (Å²) < 4.78 is 13.6. The van der Waals surface area contributed by atoms with E-state index in [2.05, 4.69) is 17.2 Å². The van der Waals surface area contributed by atoms with Crippen LogP contribution in [-0.2, 0) is 9.59 Å². The Morgan fingerprint density at radius 2 is 1.70 bits per heavy atom. The van der Waals surface area contributed by atoms with Crippen molar-refractivity contribution in [1.82, 2.24) is 5.32 Å². The van der Waals surface area contributed by atoms with Crippen LogP contribution < -0.4 is 10.2 Å². The number of anilines is 1. The zero-order chi connectivity index (χ0) is 25.6. The summed E-state index contributed by atoms with van der Waals surface area (Å²) in [5.41, 5.74) is 1.92. The average molecular weight is 518 g/mol. The lowest BCUT2D eigenvalue weighted by atomic mass is 9.48. The van der Waals surface area contributed by atoms with Crippen LogP contribution in [0.15, 0.2) is 65.3 Å². The van der Waals surface area contributed by atoms with Crippen LogP contribution in [0.1, 0.15) is 51.0 Å². The Labute approximate surface area is 221 Å². The van der Waals surface area contributed by atoms with E-state index in [1.807, 2.05) is 30.3 Å². The third kappa shape index (κ3) is 4.86. The summed E-state index contributed by atoms with van der Waals surface area (Å²) in [5.74, 6) is 1.95. The van der Waals surface area contributed by atoms with Crippen molar-refractivity contribution in [2.75, 3.05) is 10.7 Å². The van der Waals surface area contributed by atoms with Crippen molar-refractivity contribution in [1.29, 1.82) is 0 Å². The zero-order valence-corrected chi connectivity index (χ0v) is 21.8. The molecule has 0 saturated heterocycles. The minimum Gasteiger partial charge on any atom is -0.352 e. The van der Waals surface area contributed by atoms with Crippen LogP contribution in [0.3, 0.4) is 0 Å². The molecule has 0 radical (unpaired) electrons. The second kappa shape index (κ2) is 9.75. The molecule has 4 bridgehead atoms. The smallest absolute Gasteiger partial charge is 0.283 e. The van der Waals surface area contributed by atoms with E-state index in [-0.39, 0.29) is 34.8 Å². The summed E-state index contributed by atoms with van der Waals surface area (Å²) >= 11 is 1.24. The van der Waals surface area contributed by atoms with Gasteiger partial charge < -0.3 is 5.32 Å². The predicted molar refractivity (Wildman–Crippen MR) is 146 cm³/mol. The third-order valence-electron chi connectivity index (χ3n) is 8.73. The molecule has 0 spiro atoms. The van der Waals surface area contributed by atoms with E-state index in [0.29, 0.717) is 16.6 Å². The van der Waals surface area contributed by atoms with Crippen molar-refractivity contribution < 1.29 is 14.0 Å². The second-order valence-corrected chi connectivity index (χ2v) is 12.3. The lowest BCUT2D eigenvalue weighted by Gasteiger charge is -2.59. The lowest BCUT2D eigenvalue weighted by molar-refractivity contribution is -0.123. The largest absolute Gasteiger partial charge is 0.352 e. The number of halogens is 1. The Bertz CT molecular complexity index is 1220. The molecule has 2 aromatic carbocycles. The highest BCUT2D eigenvalue weighted by atomic mass is 32.2. The fourth-order valence-corrected chi connectivity index (χ4v) is 8.22. The number of rotatable bonds is 6. The van der Waals surface area contributed by atoms with Crippen molar-refractivity contribution in [2.45, 2.75) is 51.5 Å². The summed E-state index contributed by atoms with van der Waals surface area (Å²) in [5, 5.41) is 3.73. The molecular weight excluding hydrogens is 485 g/mol. The van der Waals surface area contributed by atoms with Gasteiger partial charge in [-0.1, -0.05) is 42.1 Å². The van der Waals surface area contributed by atoms with Crippen molar-refractivity contribution in [3.05, 3.63) is 71.7 Å². The van der Waals surface area contributed by atoms with Crippen LogP contribution in [0, 0.1) is 29.0 Å². The third-order valence-corrected chi connectivity index (χ3v) is 9.67. The molecule has 192 valence electrons. The molecule has 37 heavy (non-hydrogen) atoms. The Morgan fingerprint density at radius 3 is 2.32 bits per heavy atom. The maximum atomic E-state index is 13.6. The van der Waals surface area contributed by atoms with Gasteiger partial charge in [0.15, 0.2) is 5.17 Å². The summed E-state index contributed by atoms with van der Waals surface area (Å²) in [6.07, 6.45) is 9.58. The number of benzene rings is 2. The van der Waals surface area contributed by atoms with Gasteiger partial charge in [-0.25, -0.2) is 9.38 Å². The lowest BCUT2D eigenvalue weighted by Crippen LogP contribution is -2.56. The van der Waals surface area contributed by atoms with E-state index in [9.17, 15) is 14.0 Å². The molecule has 7 rings (SSSR count). The number of amides is 2. The van der Waals surface area contributed by atoms with Crippen LogP contribution in [0.2, 0.25) is 0 Å². The maximum absolute atomic E-state index is 13.6. The number of hydrogen-bond acceptors (Lipinski definition) is 4. The fourth-order valence-electron chi connectivity index (χ4n) is 7.39. The summed E-state index contributed by atoms with van der Waals surface area (Å²) in [6, 6.07) is 15.4. The van der Waals surface area contributed by atoms with Crippen molar-refractivity contribution >= 4 is 40.5 Å². The molecule has 4 saturated carbocycles. The average Bonchev–Trinajstić information content (AvgIpc) is 3.18. The Hall–Kier alpha value is -2.93. The minimum absolute atomic E-state index is 0.0389. The van der Waals surface area contributed by atoms with Crippen LogP contribution in [0.25, 0.3) is 6.08 Å². The number of nitrogens with one attached hydrogen (secondary N) is 1. The van der Waals surface area contributed by atoms with Gasteiger partial charge in [0, 0.05) is 6.04 Å². The molecule has 4 fully saturated rings. The number of hydrogen-bond donors (Lipinski definition) is 1. The standard InChI is InChI=1S/C30H32FN3O2S/c1-19(30-15-21-11-22(16-30)13-23(12-21)17-30)32-27(35)18-37-29-33-26(14-20-5-3-2-4-6-20)28(36)34(29)25-9-7-24(31)8-10-25/h2-10,14,19,21-23H,11-13,15-18H2,1H3,(H,32,35). The van der Waals surface area contributed by atoms with E-state index >= 15 is 0 Å². The van der Waals surface area contributed by atoms with Crippen molar-refractivity contribution in [2.24, 2.45) is 28.2 Å². The second-order valence-electron chi connectivity index (χ2n) is 11.3. The highest BCUT2D eigenvalue weighted by Gasteiger charge is 2.53. The molecule has 4 aliphatic carbocycles. The van der Waals surface area contributed by atoms with Crippen LogP contribution in [0.4, 0.5) is 10.1 Å². The number of carbonyl (C=O) groups is 2. The van der Waals surface area contributed by atoms with Gasteiger partial charge in [-0.2, -0.15) is 0 Å². The van der Waals surface area contributed by atoms with Gasteiger partial charge in [0.1, 0.15) is 11.5 Å². The first-order valence-electron chi connectivity index (χ1n) is 13.3.